The summed E-state index contributed by atoms with van der Waals surface area (Å²) in [6.45, 7) is 9.09. The molecule has 9 heteroatoms. The number of aromatic nitrogens is 1. The number of hydrogen-bond acceptors (Lipinski definition) is 5. The van der Waals surface area contributed by atoms with Gasteiger partial charge in [0.05, 0.1) is 17.1 Å². The molecule has 2 unspecified atom stereocenters. The Morgan fingerprint density at radius 2 is 1.97 bits per heavy atom. The molecule has 3 heterocycles. The van der Waals surface area contributed by atoms with Gasteiger partial charge in [-0.15, -0.1) is 0 Å². The summed E-state index contributed by atoms with van der Waals surface area (Å²) in [7, 11) is 0. The van der Waals surface area contributed by atoms with Crippen molar-refractivity contribution in [3.63, 3.8) is 0 Å². The highest BCUT2D eigenvalue weighted by Crippen LogP contribution is 2.46. The molecule has 4 atom stereocenters. The molecule has 184 valence electrons. The molecule has 0 spiro atoms. The molecule has 3 aliphatic rings. The predicted octanol–water partition coefficient (Wildman–Crippen LogP) is 3.71. The standard InChI is InChI=1S/C24H35F3N4O2/c1-16(2)23(7-4-19(15-23)29-20-6-13-33-17(20)3)22(32)31-11-9-30(10-12-31)21-14-18(5-8-28-21)24(25,26)27/h5,8,14,16-17,19-20,29H,4,6-7,9-13,15H2,1-3H3/t17?,19-,20?,23+/m1/s1. The van der Waals surface area contributed by atoms with Gasteiger partial charge in [0.15, 0.2) is 0 Å². The van der Waals surface area contributed by atoms with Crippen LogP contribution >= 0.6 is 0 Å². The van der Waals surface area contributed by atoms with E-state index in [4.69, 9.17) is 4.74 Å². The number of halogens is 3. The third-order valence-corrected chi connectivity index (χ3v) is 7.87. The average Bonchev–Trinajstić information content (AvgIpc) is 3.40. The lowest BCUT2D eigenvalue weighted by molar-refractivity contribution is -0.145. The zero-order valence-corrected chi connectivity index (χ0v) is 19.7. The Morgan fingerprint density at radius 3 is 2.58 bits per heavy atom. The van der Waals surface area contributed by atoms with Crippen LogP contribution in [0.4, 0.5) is 19.0 Å². The largest absolute Gasteiger partial charge is 0.416 e. The lowest BCUT2D eigenvalue weighted by Gasteiger charge is -2.42. The van der Waals surface area contributed by atoms with E-state index in [0.29, 0.717) is 44.1 Å². The van der Waals surface area contributed by atoms with Gasteiger partial charge in [-0.25, -0.2) is 4.98 Å². The molecule has 4 rings (SSSR count). The molecule has 2 aliphatic heterocycles. The molecule has 1 aliphatic carbocycles. The summed E-state index contributed by atoms with van der Waals surface area (Å²) in [5.41, 5.74) is -1.09. The molecule has 1 saturated carbocycles. The van der Waals surface area contributed by atoms with Crippen molar-refractivity contribution in [1.29, 1.82) is 0 Å². The second-order valence-electron chi connectivity index (χ2n) is 10.1. The highest BCUT2D eigenvalue weighted by atomic mass is 19.4. The average molecular weight is 469 g/mol. The van der Waals surface area contributed by atoms with Crippen molar-refractivity contribution in [3.8, 4) is 0 Å². The van der Waals surface area contributed by atoms with Crippen LogP contribution in [0, 0.1) is 11.3 Å². The minimum atomic E-state index is -4.39. The van der Waals surface area contributed by atoms with Crippen LogP contribution in [0.2, 0.25) is 0 Å². The summed E-state index contributed by atoms with van der Waals surface area (Å²) in [5.74, 6) is 0.722. The number of amides is 1. The normalized spacial score (nSPS) is 30.9. The molecule has 0 bridgehead atoms. The Hall–Kier alpha value is -1.87. The Bertz CT molecular complexity index is 841. The van der Waals surface area contributed by atoms with Gasteiger partial charge < -0.3 is 19.9 Å². The number of carbonyl (C=O) groups excluding carboxylic acids is 1. The molecular weight excluding hydrogens is 433 g/mol. The maximum Gasteiger partial charge on any atom is 0.416 e. The Kier molecular flexibility index (Phi) is 6.92. The second kappa shape index (κ2) is 9.41. The highest BCUT2D eigenvalue weighted by Gasteiger charge is 2.50. The number of ether oxygens (including phenoxy) is 1. The van der Waals surface area contributed by atoms with Crippen LogP contribution in [0.25, 0.3) is 0 Å². The zero-order valence-electron chi connectivity index (χ0n) is 19.7. The van der Waals surface area contributed by atoms with Crippen molar-refractivity contribution >= 4 is 11.7 Å². The Balaban J connectivity index is 1.39. The molecule has 0 aromatic carbocycles. The molecule has 1 aromatic heterocycles. The van der Waals surface area contributed by atoms with Gasteiger partial charge in [0.1, 0.15) is 5.82 Å². The number of piperazine rings is 1. The van der Waals surface area contributed by atoms with Crippen molar-refractivity contribution in [2.24, 2.45) is 11.3 Å². The zero-order chi connectivity index (χ0) is 23.8. The quantitative estimate of drug-likeness (QED) is 0.714. The molecule has 1 amide bonds. The number of anilines is 1. The van der Waals surface area contributed by atoms with E-state index in [9.17, 15) is 18.0 Å². The maximum atomic E-state index is 13.7. The van der Waals surface area contributed by atoms with E-state index in [1.165, 1.54) is 6.20 Å². The summed E-state index contributed by atoms with van der Waals surface area (Å²) in [4.78, 5) is 21.6. The van der Waals surface area contributed by atoms with Crippen LogP contribution in [0.1, 0.15) is 52.0 Å². The molecule has 6 nitrogen and oxygen atoms in total. The van der Waals surface area contributed by atoms with Gasteiger partial charge >= 0.3 is 6.18 Å². The predicted molar refractivity (Wildman–Crippen MR) is 120 cm³/mol. The molecule has 1 N–H and O–H groups in total. The van der Waals surface area contributed by atoms with E-state index in [1.807, 2.05) is 9.80 Å². The number of carbonyl (C=O) groups is 1. The number of hydrogen-bond donors (Lipinski definition) is 1. The van der Waals surface area contributed by atoms with Crippen molar-refractivity contribution in [2.75, 3.05) is 37.7 Å². The van der Waals surface area contributed by atoms with E-state index < -0.39 is 17.2 Å². The van der Waals surface area contributed by atoms with Crippen LogP contribution in [-0.4, -0.2) is 66.8 Å². The van der Waals surface area contributed by atoms with E-state index in [-0.39, 0.29) is 17.9 Å². The summed E-state index contributed by atoms with van der Waals surface area (Å²) >= 11 is 0. The first-order valence-electron chi connectivity index (χ1n) is 12.1. The lowest BCUT2D eigenvalue weighted by Crippen LogP contribution is -2.54. The van der Waals surface area contributed by atoms with Crippen LogP contribution in [0.15, 0.2) is 18.3 Å². The van der Waals surface area contributed by atoms with E-state index in [2.05, 4.69) is 31.1 Å². The third kappa shape index (κ3) is 4.99. The lowest BCUT2D eigenvalue weighted by atomic mass is 9.74. The number of nitrogens with one attached hydrogen (secondary N) is 1. The topological polar surface area (TPSA) is 57.7 Å². The van der Waals surface area contributed by atoms with Crippen LogP contribution in [0.5, 0.6) is 0 Å². The van der Waals surface area contributed by atoms with Gasteiger partial charge in [0, 0.05) is 51.1 Å². The molecule has 3 fully saturated rings. The second-order valence-corrected chi connectivity index (χ2v) is 10.1. The molecular formula is C24H35F3N4O2. The SMILES string of the molecule is CC1OCCC1N[C@@H]1CC[C@@](C(=O)N2CCN(c3cc(C(F)(F)F)ccn3)CC2)(C(C)C)C1. The van der Waals surface area contributed by atoms with Crippen molar-refractivity contribution in [2.45, 2.75) is 70.8 Å². The van der Waals surface area contributed by atoms with Gasteiger partial charge in [0.25, 0.3) is 0 Å². The summed E-state index contributed by atoms with van der Waals surface area (Å²) in [6, 6.07) is 2.73. The number of alkyl halides is 3. The number of pyridine rings is 1. The van der Waals surface area contributed by atoms with Gasteiger partial charge in [-0.2, -0.15) is 13.2 Å². The smallest absolute Gasteiger partial charge is 0.377 e. The van der Waals surface area contributed by atoms with Crippen molar-refractivity contribution in [1.82, 2.24) is 15.2 Å². The number of nitrogens with zero attached hydrogens (tertiary/aromatic N) is 3. The minimum absolute atomic E-state index is 0.189. The van der Waals surface area contributed by atoms with Crippen LogP contribution in [-0.2, 0) is 15.7 Å². The molecule has 1 aromatic rings. The third-order valence-electron chi connectivity index (χ3n) is 7.87. The van der Waals surface area contributed by atoms with E-state index >= 15 is 0 Å². The summed E-state index contributed by atoms with van der Waals surface area (Å²) < 4.78 is 44.9. The number of rotatable bonds is 5. The van der Waals surface area contributed by atoms with Crippen molar-refractivity contribution in [3.05, 3.63) is 23.9 Å². The fourth-order valence-electron chi connectivity index (χ4n) is 5.66. The Labute approximate surface area is 193 Å². The van der Waals surface area contributed by atoms with Crippen LogP contribution in [0.3, 0.4) is 0 Å². The van der Waals surface area contributed by atoms with Gasteiger partial charge in [0.2, 0.25) is 5.91 Å². The fourth-order valence-corrected chi connectivity index (χ4v) is 5.66. The molecule has 0 radical (unpaired) electrons. The van der Waals surface area contributed by atoms with E-state index in [1.54, 1.807) is 0 Å². The van der Waals surface area contributed by atoms with Gasteiger partial charge in [-0.05, 0) is 50.7 Å². The maximum absolute atomic E-state index is 13.7. The monoisotopic (exact) mass is 468 g/mol. The fraction of sp³-hybridized carbons (Fsp3) is 0.750. The van der Waals surface area contributed by atoms with Crippen molar-refractivity contribution < 1.29 is 22.7 Å². The molecule has 33 heavy (non-hydrogen) atoms. The first-order valence-corrected chi connectivity index (χ1v) is 12.1. The first-order chi connectivity index (χ1) is 15.6. The van der Waals surface area contributed by atoms with Gasteiger partial charge in [-0.1, -0.05) is 13.8 Å². The minimum Gasteiger partial charge on any atom is -0.377 e. The van der Waals surface area contributed by atoms with E-state index in [0.717, 1.165) is 44.4 Å². The highest BCUT2D eigenvalue weighted by molar-refractivity contribution is 5.84. The van der Waals surface area contributed by atoms with Gasteiger partial charge in [-0.3, -0.25) is 4.79 Å². The first kappa shape index (κ1) is 24.3. The summed E-state index contributed by atoms with van der Waals surface area (Å²) in [5, 5.41) is 3.74. The van der Waals surface area contributed by atoms with Crippen LogP contribution < -0.4 is 10.2 Å². The summed E-state index contributed by atoms with van der Waals surface area (Å²) in [6.07, 6.45) is 0.667. The Morgan fingerprint density at radius 1 is 1.24 bits per heavy atom. The molecule has 2 saturated heterocycles.